The molecular weight excluding hydrogens is 312 g/mol. The lowest BCUT2D eigenvalue weighted by atomic mass is 9.93. The standard InChI is InChI=1S/C13H20N2O4S2/c1-13(2,3)6-11(18)19-7-9(16)14-4-5-15-10(17)8-21-12(15)20/h4-8H2,1-3H3,(H,14,16). The number of amides is 2. The summed E-state index contributed by atoms with van der Waals surface area (Å²) in [6, 6.07) is 0. The summed E-state index contributed by atoms with van der Waals surface area (Å²) in [5.41, 5.74) is -0.170. The third-order valence-corrected chi connectivity index (χ3v) is 3.97. The molecule has 1 aliphatic heterocycles. The highest BCUT2D eigenvalue weighted by Crippen LogP contribution is 2.19. The van der Waals surface area contributed by atoms with Crippen LogP contribution in [0.3, 0.4) is 0 Å². The zero-order valence-corrected chi connectivity index (χ0v) is 14.1. The number of carbonyl (C=O) groups excluding carboxylic acids is 3. The fraction of sp³-hybridized carbons (Fsp3) is 0.692. The molecule has 118 valence electrons. The maximum atomic E-state index is 11.5. The van der Waals surface area contributed by atoms with Crippen LogP contribution in [0.25, 0.3) is 0 Å². The molecule has 8 heteroatoms. The molecule has 0 aromatic rings. The predicted molar refractivity (Wildman–Crippen MR) is 84.8 cm³/mol. The Bertz CT molecular complexity index is 430. The van der Waals surface area contributed by atoms with E-state index in [4.69, 9.17) is 17.0 Å². The molecule has 1 N–H and O–H groups in total. The highest BCUT2D eigenvalue weighted by molar-refractivity contribution is 8.23. The normalized spacial score (nSPS) is 15.3. The number of rotatable bonds is 6. The molecular formula is C13H20N2O4S2. The van der Waals surface area contributed by atoms with Crippen molar-refractivity contribution in [2.45, 2.75) is 27.2 Å². The second-order valence-electron chi connectivity index (χ2n) is 5.85. The third-order valence-electron chi connectivity index (χ3n) is 2.54. The van der Waals surface area contributed by atoms with Crippen LogP contribution in [-0.2, 0) is 19.1 Å². The van der Waals surface area contributed by atoms with Crippen molar-refractivity contribution in [3.05, 3.63) is 0 Å². The monoisotopic (exact) mass is 332 g/mol. The van der Waals surface area contributed by atoms with Gasteiger partial charge in [-0.3, -0.25) is 19.3 Å². The number of ether oxygens (including phenoxy) is 1. The van der Waals surface area contributed by atoms with E-state index in [0.29, 0.717) is 16.6 Å². The van der Waals surface area contributed by atoms with Crippen LogP contribution in [0.4, 0.5) is 0 Å². The largest absolute Gasteiger partial charge is 0.456 e. The van der Waals surface area contributed by atoms with Crippen molar-refractivity contribution >= 4 is 46.1 Å². The van der Waals surface area contributed by atoms with Crippen LogP contribution in [0.1, 0.15) is 27.2 Å². The molecule has 0 aromatic heterocycles. The van der Waals surface area contributed by atoms with Gasteiger partial charge in [0.05, 0.1) is 12.2 Å². The number of thiocarbonyl (C=S) groups is 1. The molecule has 0 aliphatic carbocycles. The molecule has 0 saturated carbocycles. The number of nitrogens with one attached hydrogen (secondary N) is 1. The summed E-state index contributed by atoms with van der Waals surface area (Å²) in [4.78, 5) is 35.9. The summed E-state index contributed by atoms with van der Waals surface area (Å²) in [7, 11) is 0. The van der Waals surface area contributed by atoms with E-state index in [0.717, 1.165) is 0 Å². The second kappa shape index (κ2) is 7.74. The smallest absolute Gasteiger partial charge is 0.306 e. The average molecular weight is 332 g/mol. The summed E-state index contributed by atoms with van der Waals surface area (Å²) in [5, 5.41) is 2.59. The Hall–Kier alpha value is -1.15. The Morgan fingerprint density at radius 1 is 1.43 bits per heavy atom. The Kier molecular flexibility index (Phi) is 6.60. The predicted octanol–water partition coefficient (Wildman–Crippen LogP) is 0.942. The number of hydrogen-bond donors (Lipinski definition) is 1. The van der Waals surface area contributed by atoms with Gasteiger partial charge >= 0.3 is 5.97 Å². The first-order chi connectivity index (χ1) is 9.69. The lowest BCUT2D eigenvalue weighted by molar-refractivity contribution is -0.150. The molecule has 1 aliphatic rings. The van der Waals surface area contributed by atoms with Gasteiger partial charge in [0.2, 0.25) is 5.91 Å². The van der Waals surface area contributed by atoms with E-state index in [1.54, 1.807) is 0 Å². The molecule has 0 spiro atoms. The molecule has 1 heterocycles. The van der Waals surface area contributed by atoms with Gasteiger partial charge in [-0.15, -0.1) is 0 Å². The molecule has 0 radical (unpaired) electrons. The van der Waals surface area contributed by atoms with Crippen LogP contribution in [0.15, 0.2) is 0 Å². The molecule has 2 amide bonds. The zero-order valence-electron chi connectivity index (χ0n) is 12.4. The molecule has 0 unspecified atom stereocenters. The summed E-state index contributed by atoms with van der Waals surface area (Å²) in [6.45, 7) is 6.07. The number of nitrogens with zero attached hydrogens (tertiary/aromatic N) is 1. The molecule has 0 bridgehead atoms. The van der Waals surface area contributed by atoms with E-state index in [9.17, 15) is 14.4 Å². The van der Waals surface area contributed by atoms with Crippen molar-refractivity contribution in [1.82, 2.24) is 10.2 Å². The number of thioether (sulfide) groups is 1. The maximum absolute atomic E-state index is 11.5. The molecule has 0 aromatic carbocycles. The molecule has 21 heavy (non-hydrogen) atoms. The fourth-order valence-corrected chi connectivity index (χ4v) is 2.71. The topological polar surface area (TPSA) is 75.7 Å². The number of hydrogen-bond acceptors (Lipinski definition) is 6. The van der Waals surface area contributed by atoms with Crippen molar-refractivity contribution in [1.29, 1.82) is 0 Å². The summed E-state index contributed by atoms with van der Waals surface area (Å²) in [5.74, 6) is -0.472. The second-order valence-corrected chi connectivity index (χ2v) is 7.46. The van der Waals surface area contributed by atoms with Gasteiger partial charge in [-0.05, 0) is 5.41 Å². The van der Waals surface area contributed by atoms with Crippen molar-refractivity contribution < 1.29 is 19.1 Å². The summed E-state index contributed by atoms with van der Waals surface area (Å²) >= 11 is 6.34. The minimum Gasteiger partial charge on any atom is -0.456 e. The number of esters is 1. The van der Waals surface area contributed by atoms with Gasteiger partial charge in [0, 0.05) is 13.1 Å². The van der Waals surface area contributed by atoms with Crippen LogP contribution >= 0.6 is 24.0 Å². The lowest BCUT2D eigenvalue weighted by Gasteiger charge is -2.17. The van der Waals surface area contributed by atoms with Gasteiger partial charge in [0.1, 0.15) is 4.32 Å². The van der Waals surface area contributed by atoms with E-state index in [1.807, 2.05) is 20.8 Å². The maximum Gasteiger partial charge on any atom is 0.306 e. The fourth-order valence-electron chi connectivity index (χ4n) is 1.59. The van der Waals surface area contributed by atoms with Crippen molar-refractivity contribution in [2.75, 3.05) is 25.4 Å². The molecule has 1 fully saturated rings. The van der Waals surface area contributed by atoms with Crippen LogP contribution < -0.4 is 5.32 Å². The van der Waals surface area contributed by atoms with Crippen molar-refractivity contribution in [3.63, 3.8) is 0 Å². The molecule has 6 nitrogen and oxygen atoms in total. The van der Waals surface area contributed by atoms with Crippen LogP contribution in [-0.4, -0.2) is 52.5 Å². The van der Waals surface area contributed by atoms with Gasteiger partial charge in [0.25, 0.3) is 5.91 Å². The first kappa shape index (κ1) is 17.9. The van der Waals surface area contributed by atoms with E-state index < -0.39 is 5.97 Å². The van der Waals surface area contributed by atoms with Crippen LogP contribution in [0.5, 0.6) is 0 Å². The van der Waals surface area contributed by atoms with Gasteiger partial charge in [-0.2, -0.15) is 0 Å². The van der Waals surface area contributed by atoms with E-state index in [2.05, 4.69) is 5.32 Å². The zero-order chi connectivity index (χ0) is 16.0. The highest BCUT2D eigenvalue weighted by Gasteiger charge is 2.26. The van der Waals surface area contributed by atoms with Crippen LogP contribution in [0.2, 0.25) is 0 Å². The van der Waals surface area contributed by atoms with E-state index in [-0.39, 0.29) is 36.8 Å². The minimum absolute atomic E-state index is 0.0455. The Balaban J connectivity index is 2.18. The molecule has 1 saturated heterocycles. The van der Waals surface area contributed by atoms with Gasteiger partial charge in [-0.1, -0.05) is 44.8 Å². The van der Waals surface area contributed by atoms with Crippen molar-refractivity contribution in [3.8, 4) is 0 Å². The Labute approximate surface area is 134 Å². The lowest BCUT2D eigenvalue weighted by Crippen LogP contribution is -2.38. The van der Waals surface area contributed by atoms with Gasteiger partial charge in [-0.25, -0.2) is 0 Å². The first-order valence-electron chi connectivity index (χ1n) is 6.58. The minimum atomic E-state index is -0.398. The Morgan fingerprint density at radius 3 is 2.62 bits per heavy atom. The van der Waals surface area contributed by atoms with Crippen LogP contribution in [0, 0.1) is 5.41 Å². The van der Waals surface area contributed by atoms with Gasteiger partial charge < -0.3 is 10.1 Å². The third kappa shape index (κ3) is 6.90. The quantitative estimate of drug-likeness (QED) is 0.576. The van der Waals surface area contributed by atoms with Gasteiger partial charge in [0.15, 0.2) is 6.61 Å². The number of carbonyl (C=O) groups is 3. The van der Waals surface area contributed by atoms with Crippen molar-refractivity contribution in [2.24, 2.45) is 5.41 Å². The average Bonchev–Trinajstić information content (AvgIpc) is 2.66. The van der Waals surface area contributed by atoms with E-state index in [1.165, 1.54) is 16.7 Å². The summed E-state index contributed by atoms with van der Waals surface area (Å²) < 4.78 is 5.42. The van der Waals surface area contributed by atoms with E-state index >= 15 is 0 Å². The molecule has 1 rings (SSSR count). The SMILES string of the molecule is CC(C)(C)CC(=O)OCC(=O)NCCN1C(=O)CSC1=S. The first-order valence-corrected chi connectivity index (χ1v) is 7.98. The molecule has 0 atom stereocenters. The Morgan fingerprint density at radius 2 is 2.10 bits per heavy atom. The summed E-state index contributed by atoms with van der Waals surface area (Å²) in [6.07, 6.45) is 0.258. The highest BCUT2D eigenvalue weighted by atomic mass is 32.2.